The van der Waals surface area contributed by atoms with Crippen LogP contribution >= 0.6 is 0 Å². The van der Waals surface area contributed by atoms with Crippen LogP contribution in [0.2, 0.25) is 0 Å². The van der Waals surface area contributed by atoms with E-state index >= 15 is 0 Å². The van der Waals surface area contributed by atoms with E-state index in [2.05, 4.69) is 5.32 Å². The molecule has 10 nitrogen and oxygen atoms in total. The Bertz CT molecular complexity index is 536. The van der Waals surface area contributed by atoms with Crippen LogP contribution in [0.5, 0.6) is 0 Å². The van der Waals surface area contributed by atoms with E-state index in [0.29, 0.717) is 6.42 Å². The lowest BCUT2D eigenvalue weighted by atomic mass is 9.96. The summed E-state index contributed by atoms with van der Waals surface area (Å²) in [5, 5.41) is 12.6. The number of nitrogens with one attached hydrogen (secondary N) is 1. The zero-order valence-electron chi connectivity index (χ0n) is 15.2. The van der Waals surface area contributed by atoms with E-state index in [0.717, 1.165) is 13.8 Å². The molecule has 1 fully saturated rings. The SMILES string of the molecule is CCCC(=O)OC[C@H]1O[C@@H](O)[C@@H](NC(C)=O)[C@@H](OC(C)=O)[C@@H]1OC(C)=O. The molecule has 0 aromatic carbocycles. The van der Waals surface area contributed by atoms with Crippen LogP contribution in [0.25, 0.3) is 0 Å². The first-order valence-electron chi connectivity index (χ1n) is 8.26. The molecular weight excluding hydrogens is 350 g/mol. The van der Waals surface area contributed by atoms with Crippen LogP contribution in [0.3, 0.4) is 0 Å². The lowest BCUT2D eigenvalue weighted by Crippen LogP contribution is -2.66. The van der Waals surface area contributed by atoms with Crippen molar-refractivity contribution in [2.75, 3.05) is 6.61 Å². The number of esters is 3. The van der Waals surface area contributed by atoms with Crippen molar-refractivity contribution in [2.24, 2.45) is 0 Å². The number of carbonyl (C=O) groups is 4. The Labute approximate surface area is 151 Å². The average molecular weight is 375 g/mol. The fourth-order valence-electron chi connectivity index (χ4n) is 2.56. The lowest BCUT2D eigenvalue weighted by molar-refractivity contribution is -0.264. The molecule has 0 unspecified atom stereocenters. The first kappa shape index (κ1) is 21.8. The molecule has 26 heavy (non-hydrogen) atoms. The molecule has 0 bridgehead atoms. The van der Waals surface area contributed by atoms with Crippen LogP contribution in [-0.4, -0.2) is 66.2 Å². The highest BCUT2D eigenvalue weighted by molar-refractivity contribution is 5.73. The molecule has 0 spiro atoms. The summed E-state index contributed by atoms with van der Waals surface area (Å²) >= 11 is 0. The predicted octanol–water partition coefficient (Wildman–Crippen LogP) is -0.585. The van der Waals surface area contributed by atoms with Gasteiger partial charge in [0.05, 0.1) is 0 Å². The minimum atomic E-state index is -1.56. The highest BCUT2D eigenvalue weighted by Gasteiger charge is 2.50. The van der Waals surface area contributed by atoms with Crippen molar-refractivity contribution >= 4 is 23.8 Å². The largest absolute Gasteiger partial charge is 0.463 e. The van der Waals surface area contributed by atoms with Crippen LogP contribution in [0.4, 0.5) is 0 Å². The molecule has 1 rings (SSSR count). The summed E-state index contributed by atoms with van der Waals surface area (Å²) in [6.07, 6.45) is -4.28. The number of amides is 1. The van der Waals surface area contributed by atoms with Gasteiger partial charge in [0.1, 0.15) is 18.8 Å². The molecule has 0 saturated carbocycles. The highest BCUT2D eigenvalue weighted by Crippen LogP contribution is 2.26. The second kappa shape index (κ2) is 10.1. The van der Waals surface area contributed by atoms with E-state index in [1.54, 1.807) is 6.92 Å². The molecule has 5 atom stereocenters. The maximum Gasteiger partial charge on any atom is 0.305 e. The van der Waals surface area contributed by atoms with E-state index in [1.807, 2.05) is 0 Å². The Kier molecular flexibility index (Phi) is 8.46. The van der Waals surface area contributed by atoms with Crippen molar-refractivity contribution in [2.45, 2.75) is 71.2 Å². The Balaban J connectivity index is 3.05. The van der Waals surface area contributed by atoms with Crippen LogP contribution in [-0.2, 0) is 38.1 Å². The topological polar surface area (TPSA) is 137 Å². The highest BCUT2D eigenvalue weighted by atomic mass is 16.7. The first-order valence-corrected chi connectivity index (χ1v) is 8.26. The molecule has 0 aromatic rings. The molecule has 1 aliphatic rings. The molecule has 2 N–H and O–H groups in total. The minimum absolute atomic E-state index is 0.190. The van der Waals surface area contributed by atoms with Gasteiger partial charge in [0, 0.05) is 27.2 Å². The van der Waals surface area contributed by atoms with Crippen molar-refractivity contribution in [3.05, 3.63) is 0 Å². The number of hydrogen-bond donors (Lipinski definition) is 2. The third kappa shape index (κ3) is 6.60. The van der Waals surface area contributed by atoms with Gasteiger partial charge in [-0.25, -0.2) is 0 Å². The molecule has 1 saturated heterocycles. The second-order valence-electron chi connectivity index (χ2n) is 5.87. The van der Waals surface area contributed by atoms with E-state index in [9.17, 15) is 24.3 Å². The number of hydrogen-bond acceptors (Lipinski definition) is 9. The molecule has 1 heterocycles. The summed E-state index contributed by atoms with van der Waals surface area (Å²) < 4.78 is 20.7. The third-order valence-electron chi connectivity index (χ3n) is 3.50. The van der Waals surface area contributed by atoms with Gasteiger partial charge in [0.2, 0.25) is 5.91 Å². The van der Waals surface area contributed by atoms with Gasteiger partial charge in [-0.2, -0.15) is 0 Å². The maximum absolute atomic E-state index is 11.6. The number of ether oxygens (including phenoxy) is 4. The van der Waals surface area contributed by atoms with Crippen molar-refractivity contribution in [3.63, 3.8) is 0 Å². The normalized spacial score (nSPS) is 28.0. The van der Waals surface area contributed by atoms with E-state index in [4.69, 9.17) is 18.9 Å². The van der Waals surface area contributed by atoms with Gasteiger partial charge in [-0.1, -0.05) is 6.92 Å². The van der Waals surface area contributed by atoms with E-state index in [-0.39, 0.29) is 13.0 Å². The molecule has 1 aliphatic heterocycles. The smallest absolute Gasteiger partial charge is 0.305 e. The monoisotopic (exact) mass is 375 g/mol. The zero-order valence-corrected chi connectivity index (χ0v) is 15.2. The van der Waals surface area contributed by atoms with Gasteiger partial charge in [-0.15, -0.1) is 0 Å². The number of aliphatic hydroxyl groups is 1. The number of rotatable bonds is 7. The van der Waals surface area contributed by atoms with E-state index in [1.165, 1.54) is 6.92 Å². The average Bonchev–Trinajstić information content (AvgIpc) is 2.51. The van der Waals surface area contributed by atoms with Crippen molar-refractivity contribution in [1.29, 1.82) is 0 Å². The Morgan fingerprint density at radius 2 is 1.62 bits per heavy atom. The summed E-state index contributed by atoms with van der Waals surface area (Å²) in [6, 6.07) is -1.16. The van der Waals surface area contributed by atoms with Crippen LogP contribution in [0.15, 0.2) is 0 Å². The van der Waals surface area contributed by atoms with Gasteiger partial charge >= 0.3 is 17.9 Å². The fraction of sp³-hybridized carbons (Fsp3) is 0.750. The molecule has 148 valence electrons. The minimum Gasteiger partial charge on any atom is -0.463 e. The van der Waals surface area contributed by atoms with E-state index < -0.39 is 54.5 Å². The van der Waals surface area contributed by atoms with Crippen molar-refractivity contribution in [3.8, 4) is 0 Å². The molecule has 0 radical (unpaired) electrons. The van der Waals surface area contributed by atoms with Crippen LogP contribution in [0.1, 0.15) is 40.5 Å². The van der Waals surface area contributed by atoms with Gasteiger partial charge in [-0.05, 0) is 6.42 Å². The zero-order chi connectivity index (χ0) is 19.9. The molecule has 1 amide bonds. The quantitative estimate of drug-likeness (QED) is 0.442. The van der Waals surface area contributed by atoms with Gasteiger partial charge in [-0.3, -0.25) is 19.2 Å². The second-order valence-corrected chi connectivity index (χ2v) is 5.87. The Morgan fingerprint density at radius 3 is 2.12 bits per heavy atom. The first-order chi connectivity index (χ1) is 12.1. The van der Waals surface area contributed by atoms with Crippen molar-refractivity contribution in [1.82, 2.24) is 5.32 Å². The standard InChI is InChI=1S/C16H25NO9/c1-5-6-12(21)23-7-11-14(24-9(3)19)15(25-10(4)20)13(16(22)26-11)17-8(2)18/h11,13-16,22H,5-7H2,1-4H3,(H,17,18)/t11-,13+,14-,15-,16-/m1/s1. The van der Waals surface area contributed by atoms with Gasteiger partial charge in [0.25, 0.3) is 0 Å². The maximum atomic E-state index is 11.6. The van der Waals surface area contributed by atoms with Crippen LogP contribution in [0, 0.1) is 0 Å². The summed E-state index contributed by atoms with van der Waals surface area (Å²) in [7, 11) is 0. The van der Waals surface area contributed by atoms with Gasteiger partial charge in [0.15, 0.2) is 18.5 Å². The van der Waals surface area contributed by atoms with Crippen molar-refractivity contribution < 1.29 is 43.2 Å². The van der Waals surface area contributed by atoms with Crippen LogP contribution < -0.4 is 5.32 Å². The Morgan fingerprint density at radius 1 is 1.04 bits per heavy atom. The molecule has 0 aliphatic carbocycles. The molecule has 0 aromatic heterocycles. The summed E-state index contributed by atoms with van der Waals surface area (Å²) in [5.41, 5.74) is 0. The number of carbonyl (C=O) groups excluding carboxylic acids is 4. The number of aliphatic hydroxyl groups excluding tert-OH is 1. The molecular formula is C16H25NO9. The predicted molar refractivity (Wildman–Crippen MR) is 85.5 cm³/mol. The lowest BCUT2D eigenvalue weighted by Gasteiger charge is -2.43. The third-order valence-corrected chi connectivity index (χ3v) is 3.50. The molecule has 10 heteroatoms. The summed E-state index contributed by atoms with van der Waals surface area (Å²) in [6.45, 7) is 4.96. The Hall–Kier alpha value is -2.20. The summed E-state index contributed by atoms with van der Waals surface area (Å²) in [5.74, 6) is -2.40. The fourth-order valence-corrected chi connectivity index (χ4v) is 2.56. The van der Waals surface area contributed by atoms with Gasteiger partial charge < -0.3 is 29.4 Å². The summed E-state index contributed by atoms with van der Waals surface area (Å²) in [4.78, 5) is 45.9.